The van der Waals surface area contributed by atoms with Gasteiger partial charge in [-0.1, -0.05) is 260 Å². The van der Waals surface area contributed by atoms with Crippen LogP contribution in [0.1, 0.15) is 311 Å². The van der Waals surface area contributed by atoms with Gasteiger partial charge in [-0.05, 0) is 37.5 Å². The fraction of sp³-hybridized carbons (Fsp3) is 0.937. The maximum Gasteiger partial charge on any atom is 0.472 e. The van der Waals surface area contributed by atoms with Crippen molar-refractivity contribution in [3.8, 4) is 0 Å². The molecule has 0 saturated heterocycles. The van der Waals surface area contributed by atoms with Crippen LogP contribution in [0, 0.1) is 11.8 Å². The van der Waals surface area contributed by atoms with Crippen molar-refractivity contribution in [3.05, 3.63) is 0 Å². The summed E-state index contributed by atoms with van der Waals surface area (Å²) < 4.78 is 67.8. The van der Waals surface area contributed by atoms with Crippen molar-refractivity contribution in [3.63, 3.8) is 0 Å². The molecule has 0 spiro atoms. The van der Waals surface area contributed by atoms with Gasteiger partial charge in [0.25, 0.3) is 0 Å². The Labute approximate surface area is 498 Å². The van der Waals surface area contributed by atoms with Crippen LogP contribution < -0.4 is 0 Å². The quantitative estimate of drug-likeness (QED) is 0.0222. The lowest BCUT2D eigenvalue weighted by atomic mass is 9.99. The predicted molar refractivity (Wildman–Crippen MR) is 326 cm³/mol. The van der Waals surface area contributed by atoms with Crippen molar-refractivity contribution in [2.24, 2.45) is 11.8 Å². The van der Waals surface area contributed by atoms with Crippen LogP contribution in [0.3, 0.4) is 0 Å². The number of unbranched alkanes of at least 4 members (excludes halogenated alkanes) is 30. The van der Waals surface area contributed by atoms with Gasteiger partial charge in [-0.3, -0.25) is 37.3 Å². The molecule has 3 N–H and O–H groups in total. The molecule has 0 rings (SSSR count). The molecule has 17 nitrogen and oxygen atoms in total. The van der Waals surface area contributed by atoms with Gasteiger partial charge in [-0.25, -0.2) is 9.13 Å². The van der Waals surface area contributed by atoms with Crippen molar-refractivity contribution in [2.45, 2.75) is 330 Å². The third-order valence-corrected chi connectivity index (χ3v) is 17.1. The Morgan fingerprint density at radius 1 is 0.341 bits per heavy atom. The highest BCUT2D eigenvalue weighted by molar-refractivity contribution is 7.47. The minimum absolute atomic E-state index is 0.102. The normalized spacial score (nSPS) is 15.0. The predicted octanol–water partition coefficient (Wildman–Crippen LogP) is 17.3. The number of hydrogen-bond donors (Lipinski definition) is 3. The highest BCUT2D eigenvalue weighted by Gasteiger charge is 2.30. The average molecular weight is 1210 g/mol. The highest BCUT2D eigenvalue weighted by atomic mass is 31.2. The summed E-state index contributed by atoms with van der Waals surface area (Å²) in [6, 6.07) is 0. The van der Waals surface area contributed by atoms with E-state index in [2.05, 4.69) is 41.5 Å². The van der Waals surface area contributed by atoms with Gasteiger partial charge in [-0.2, -0.15) is 0 Å². The fourth-order valence-electron chi connectivity index (χ4n) is 9.29. The number of aliphatic hydroxyl groups is 1. The molecule has 0 aromatic carbocycles. The SMILES string of the molecule is CCCCCCCCCCCCCCCCCC(=O)O[C@H](COC(=O)CCCCCCCCCCC(C)CC)COP(=O)(O)OC[C@@H](O)COP(=O)(O)OC[C@@H](COC(=O)CCCCCCC)OC(=O)CCCCCCCCC(C)CC. The number of phosphoric ester groups is 2. The van der Waals surface area contributed by atoms with Crippen molar-refractivity contribution in [1.29, 1.82) is 0 Å². The highest BCUT2D eigenvalue weighted by Crippen LogP contribution is 2.45. The van der Waals surface area contributed by atoms with Gasteiger partial charge in [0, 0.05) is 25.7 Å². The summed E-state index contributed by atoms with van der Waals surface area (Å²) in [5.74, 6) is -0.649. The standard InChI is InChI=1S/C63H122O17P2/c1-7-11-13-15-16-17-18-19-20-21-22-23-28-35-41-47-62(67)79-59(52-74-61(66)46-40-34-27-25-24-26-32-37-43-55(5)9-3)54-78-82(71,72)76-50-57(64)49-75-81(69,70)77-53-58(51-73-60(65)45-39-31-14-12-8-2)80-63(68)48-42-36-30-29-33-38-44-56(6)10-4/h55-59,64H,7-54H2,1-6H3,(H,69,70)(H,71,72)/t55?,56?,57-,58+,59+/m0/s1. The van der Waals surface area contributed by atoms with Gasteiger partial charge in [-0.15, -0.1) is 0 Å². The van der Waals surface area contributed by atoms with Crippen molar-refractivity contribution in [2.75, 3.05) is 39.6 Å². The van der Waals surface area contributed by atoms with Crippen LogP contribution in [0.25, 0.3) is 0 Å². The Hall–Kier alpha value is -1.94. The summed E-state index contributed by atoms with van der Waals surface area (Å²) in [6.45, 7) is 9.36. The maximum atomic E-state index is 13.0. The van der Waals surface area contributed by atoms with Crippen molar-refractivity contribution in [1.82, 2.24) is 0 Å². The summed E-state index contributed by atoms with van der Waals surface area (Å²) in [5, 5.41) is 10.5. The fourth-order valence-corrected chi connectivity index (χ4v) is 10.9. The summed E-state index contributed by atoms with van der Waals surface area (Å²) in [6.07, 6.45) is 37.9. The Morgan fingerprint density at radius 3 is 0.866 bits per heavy atom. The second-order valence-electron chi connectivity index (χ2n) is 23.3. The number of phosphoric acid groups is 2. The maximum absolute atomic E-state index is 13.0. The lowest BCUT2D eigenvalue weighted by Crippen LogP contribution is -2.30. The Bertz CT molecular complexity index is 1620. The van der Waals surface area contributed by atoms with Crippen LogP contribution in [0.2, 0.25) is 0 Å². The van der Waals surface area contributed by atoms with Crippen LogP contribution in [0.4, 0.5) is 0 Å². The molecule has 486 valence electrons. The smallest absolute Gasteiger partial charge is 0.462 e. The van der Waals surface area contributed by atoms with Gasteiger partial charge in [0.1, 0.15) is 19.3 Å². The topological polar surface area (TPSA) is 237 Å². The zero-order valence-corrected chi connectivity index (χ0v) is 54.6. The molecule has 0 aliphatic rings. The molecular weight excluding hydrogens is 1090 g/mol. The number of hydrogen-bond acceptors (Lipinski definition) is 15. The van der Waals surface area contributed by atoms with E-state index < -0.39 is 97.5 Å². The van der Waals surface area contributed by atoms with Crippen LogP contribution in [-0.2, 0) is 65.4 Å². The molecule has 0 fully saturated rings. The van der Waals surface area contributed by atoms with E-state index in [1.54, 1.807) is 0 Å². The number of rotatable bonds is 62. The second kappa shape index (κ2) is 55.6. The zero-order valence-electron chi connectivity index (χ0n) is 52.8. The van der Waals surface area contributed by atoms with Crippen molar-refractivity contribution < 1.29 is 80.2 Å². The summed E-state index contributed by atoms with van der Waals surface area (Å²) in [5.41, 5.74) is 0. The van der Waals surface area contributed by atoms with E-state index in [0.717, 1.165) is 108 Å². The van der Waals surface area contributed by atoms with Gasteiger partial charge < -0.3 is 33.8 Å². The molecule has 82 heavy (non-hydrogen) atoms. The van der Waals surface area contributed by atoms with Gasteiger partial charge in [0.05, 0.1) is 26.4 Å². The minimum Gasteiger partial charge on any atom is -0.462 e. The molecule has 0 heterocycles. The summed E-state index contributed by atoms with van der Waals surface area (Å²) >= 11 is 0. The number of carbonyl (C=O) groups is 4. The first kappa shape index (κ1) is 80.1. The lowest BCUT2D eigenvalue weighted by molar-refractivity contribution is -0.161. The first-order valence-electron chi connectivity index (χ1n) is 33.1. The molecular formula is C63H122O17P2. The van der Waals surface area contributed by atoms with E-state index in [-0.39, 0.29) is 25.7 Å². The molecule has 0 aromatic rings. The number of aliphatic hydroxyl groups excluding tert-OH is 1. The largest absolute Gasteiger partial charge is 0.472 e. The van der Waals surface area contributed by atoms with E-state index in [0.29, 0.717) is 25.7 Å². The number of ether oxygens (including phenoxy) is 4. The summed E-state index contributed by atoms with van der Waals surface area (Å²) in [4.78, 5) is 71.9. The zero-order chi connectivity index (χ0) is 60.8. The molecule has 0 aliphatic heterocycles. The second-order valence-corrected chi connectivity index (χ2v) is 26.2. The van der Waals surface area contributed by atoms with Gasteiger partial charge in [0.15, 0.2) is 12.2 Å². The van der Waals surface area contributed by atoms with Crippen LogP contribution in [0.5, 0.6) is 0 Å². The van der Waals surface area contributed by atoms with E-state index in [1.165, 1.54) is 122 Å². The molecule has 0 amide bonds. The third-order valence-electron chi connectivity index (χ3n) is 15.2. The Morgan fingerprint density at radius 2 is 0.585 bits per heavy atom. The molecule has 7 atom stereocenters. The molecule has 4 unspecified atom stereocenters. The van der Waals surface area contributed by atoms with E-state index in [4.69, 9.17) is 37.0 Å². The first-order valence-corrected chi connectivity index (χ1v) is 36.1. The number of esters is 4. The summed E-state index contributed by atoms with van der Waals surface area (Å²) in [7, 11) is -9.88. The molecule has 0 aromatic heterocycles. The molecule has 0 saturated carbocycles. The first-order chi connectivity index (χ1) is 39.4. The average Bonchev–Trinajstić information content (AvgIpc) is 3.47. The van der Waals surface area contributed by atoms with E-state index in [9.17, 15) is 43.2 Å². The van der Waals surface area contributed by atoms with Crippen molar-refractivity contribution >= 4 is 39.5 Å². The monoisotopic (exact) mass is 1210 g/mol. The minimum atomic E-state index is -4.94. The molecule has 0 radical (unpaired) electrons. The Balaban J connectivity index is 5.19. The van der Waals surface area contributed by atoms with Crippen LogP contribution in [-0.4, -0.2) is 96.7 Å². The van der Waals surface area contributed by atoms with Gasteiger partial charge >= 0.3 is 39.5 Å². The molecule has 0 bridgehead atoms. The molecule has 19 heteroatoms. The third kappa shape index (κ3) is 54.7. The lowest BCUT2D eigenvalue weighted by Gasteiger charge is -2.21. The van der Waals surface area contributed by atoms with E-state index in [1.807, 2.05) is 0 Å². The Kier molecular flexibility index (Phi) is 54.3. The molecule has 0 aliphatic carbocycles. The van der Waals surface area contributed by atoms with Crippen LogP contribution >= 0.6 is 15.6 Å². The van der Waals surface area contributed by atoms with Gasteiger partial charge in [0.2, 0.25) is 0 Å². The van der Waals surface area contributed by atoms with Crippen LogP contribution in [0.15, 0.2) is 0 Å². The number of carbonyl (C=O) groups excluding carboxylic acids is 4. The van der Waals surface area contributed by atoms with E-state index >= 15 is 0 Å².